The predicted molar refractivity (Wildman–Crippen MR) is 36.7 cm³/mol. The van der Waals surface area contributed by atoms with E-state index in [1.54, 1.807) is 6.21 Å². The van der Waals surface area contributed by atoms with Crippen LogP contribution < -0.4 is 0 Å². The fourth-order valence-corrected chi connectivity index (χ4v) is 0.288. The third kappa shape index (κ3) is 2.50. The highest BCUT2D eigenvalue weighted by molar-refractivity contribution is 5.87. The molecule has 0 saturated carbocycles. The van der Waals surface area contributed by atoms with E-state index in [1.165, 1.54) is 0 Å². The van der Waals surface area contributed by atoms with Gasteiger partial charge in [0.1, 0.15) is 5.84 Å². The minimum atomic E-state index is 0.256. The number of hydrogen-bond donors (Lipinski definition) is 1. The van der Waals surface area contributed by atoms with Crippen LogP contribution in [0.5, 0.6) is 0 Å². The molecular weight excluding hydrogens is 100 g/mol. The van der Waals surface area contributed by atoms with Crippen LogP contribution in [0, 0.1) is 11.3 Å². The first-order valence-corrected chi connectivity index (χ1v) is 2.75. The number of nitrogens with one attached hydrogen (secondary N) is 1. The van der Waals surface area contributed by atoms with Crippen LogP contribution in [-0.2, 0) is 0 Å². The highest BCUT2D eigenvalue weighted by atomic mass is 14.8. The Morgan fingerprint density at radius 1 is 1.62 bits per heavy atom. The molecule has 0 unspecified atom stereocenters. The molecule has 0 aliphatic heterocycles. The van der Waals surface area contributed by atoms with Crippen molar-refractivity contribution in [1.29, 1.82) is 5.41 Å². The van der Waals surface area contributed by atoms with Crippen LogP contribution in [0.2, 0.25) is 0 Å². The monoisotopic (exact) mass is 112 g/mol. The second-order valence-electron chi connectivity index (χ2n) is 1.93. The average molecular weight is 112 g/mol. The summed E-state index contributed by atoms with van der Waals surface area (Å²) in [5, 5.41) is 7.15. The summed E-state index contributed by atoms with van der Waals surface area (Å²) in [5.41, 5.74) is 0. The predicted octanol–water partition coefficient (Wildman–Crippen LogP) is 1.71. The lowest BCUT2D eigenvalue weighted by Gasteiger charge is -1.97. The zero-order chi connectivity index (χ0) is 6.57. The summed E-state index contributed by atoms with van der Waals surface area (Å²) >= 11 is 0. The minimum Gasteiger partial charge on any atom is -0.286 e. The van der Waals surface area contributed by atoms with Crippen molar-refractivity contribution >= 4 is 12.1 Å². The van der Waals surface area contributed by atoms with E-state index in [9.17, 15) is 0 Å². The Labute approximate surface area is 50.1 Å². The Morgan fingerprint density at radius 2 is 2.12 bits per heavy atom. The minimum absolute atomic E-state index is 0.256. The van der Waals surface area contributed by atoms with E-state index in [1.807, 2.05) is 20.8 Å². The normalized spacial score (nSPS) is 11.0. The molecule has 0 atom stereocenters. The van der Waals surface area contributed by atoms with Crippen LogP contribution in [0.25, 0.3) is 0 Å². The molecule has 2 heteroatoms. The van der Waals surface area contributed by atoms with Crippen LogP contribution in [0.3, 0.4) is 0 Å². The summed E-state index contributed by atoms with van der Waals surface area (Å²) in [5.74, 6) is 0.707. The largest absolute Gasteiger partial charge is 0.286 e. The van der Waals surface area contributed by atoms with Crippen molar-refractivity contribution in [3.8, 4) is 0 Å². The van der Waals surface area contributed by atoms with Crippen LogP contribution in [0.4, 0.5) is 0 Å². The molecule has 0 spiro atoms. The van der Waals surface area contributed by atoms with Crippen molar-refractivity contribution in [2.24, 2.45) is 10.9 Å². The van der Waals surface area contributed by atoms with Crippen molar-refractivity contribution in [2.75, 3.05) is 0 Å². The number of aliphatic imine (C=N–C) groups is 1. The maximum absolute atomic E-state index is 7.15. The first kappa shape index (κ1) is 7.34. The van der Waals surface area contributed by atoms with Crippen molar-refractivity contribution in [3.63, 3.8) is 0 Å². The van der Waals surface area contributed by atoms with Gasteiger partial charge in [0.15, 0.2) is 0 Å². The van der Waals surface area contributed by atoms with Gasteiger partial charge in [0, 0.05) is 12.1 Å². The van der Waals surface area contributed by atoms with Crippen molar-refractivity contribution < 1.29 is 0 Å². The Bertz CT molecular complexity index is 103. The van der Waals surface area contributed by atoms with Gasteiger partial charge in [-0.1, -0.05) is 13.8 Å². The van der Waals surface area contributed by atoms with Gasteiger partial charge in [-0.2, -0.15) is 0 Å². The van der Waals surface area contributed by atoms with Crippen LogP contribution in [0.1, 0.15) is 20.8 Å². The summed E-state index contributed by atoms with van der Waals surface area (Å²) in [4.78, 5) is 3.78. The van der Waals surface area contributed by atoms with Gasteiger partial charge in [0.2, 0.25) is 0 Å². The fourth-order valence-electron chi connectivity index (χ4n) is 0.288. The summed E-state index contributed by atoms with van der Waals surface area (Å²) in [6.07, 6.45) is 1.64. The van der Waals surface area contributed by atoms with Gasteiger partial charge in [-0.3, -0.25) is 5.41 Å². The number of hydrogen-bond acceptors (Lipinski definition) is 1. The van der Waals surface area contributed by atoms with Crippen LogP contribution in [-0.4, -0.2) is 12.1 Å². The smallest absolute Gasteiger partial charge is 0.122 e. The average Bonchev–Trinajstić information content (AvgIpc) is 1.67. The highest BCUT2D eigenvalue weighted by Gasteiger charge is 1.95. The molecule has 0 aliphatic rings. The fraction of sp³-hybridized carbons (Fsp3) is 0.667. The van der Waals surface area contributed by atoms with E-state index in [4.69, 9.17) is 5.41 Å². The summed E-state index contributed by atoms with van der Waals surface area (Å²) in [7, 11) is 0. The second-order valence-corrected chi connectivity index (χ2v) is 1.93. The highest BCUT2D eigenvalue weighted by Crippen LogP contribution is 1.93. The zero-order valence-electron chi connectivity index (χ0n) is 5.60. The quantitative estimate of drug-likeness (QED) is 0.396. The van der Waals surface area contributed by atoms with E-state index in [0.29, 0.717) is 5.84 Å². The molecule has 0 heterocycles. The van der Waals surface area contributed by atoms with E-state index in [2.05, 4.69) is 4.99 Å². The Morgan fingerprint density at radius 3 is 2.25 bits per heavy atom. The molecule has 0 bridgehead atoms. The Balaban J connectivity index is 3.66. The third-order valence-electron chi connectivity index (χ3n) is 0.815. The zero-order valence-corrected chi connectivity index (χ0v) is 5.60. The van der Waals surface area contributed by atoms with Gasteiger partial charge in [-0.15, -0.1) is 0 Å². The summed E-state index contributed by atoms with van der Waals surface area (Å²) < 4.78 is 0. The van der Waals surface area contributed by atoms with Crippen LogP contribution in [0.15, 0.2) is 4.99 Å². The van der Waals surface area contributed by atoms with E-state index < -0.39 is 0 Å². The molecule has 8 heavy (non-hydrogen) atoms. The third-order valence-corrected chi connectivity index (χ3v) is 0.815. The molecule has 0 aliphatic carbocycles. The molecule has 0 aromatic heterocycles. The molecule has 1 N–H and O–H groups in total. The Kier molecular flexibility index (Phi) is 3.08. The summed E-state index contributed by atoms with van der Waals surface area (Å²) in [6.45, 7) is 5.72. The standard InChI is InChI=1S/C6H12N2/c1-4-8-6(7)5(2)3/h4-5,7H,1-3H3/b7-6?,8-4+. The molecular formula is C6H12N2. The molecule has 0 amide bonds. The van der Waals surface area contributed by atoms with Gasteiger partial charge in [0.05, 0.1) is 0 Å². The molecule has 0 radical (unpaired) electrons. The molecule has 46 valence electrons. The first-order chi connectivity index (χ1) is 3.68. The molecule has 0 aromatic rings. The first-order valence-electron chi connectivity index (χ1n) is 2.75. The number of rotatable bonds is 1. The summed E-state index contributed by atoms with van der Waals surface area (Å²) in [6, 6.07) is 0. The lowest BCUT2D eigenvalue weighted by atomic mass is 10.2. The number of nitrogens with zero attached hydrogens (tertiary/aromatic N) is 1. The second kappa shape index (κ2) is 3.36. The van der Waals surface area contributed by atoms with Gasteiger partial charge in [0.25, 0.3) is 0 Å². The van der Waals surface area contributed by atoms with E-state index >= 15 is 0 Å². The van der Waals surface area contributed by atoms with E-state index in [-0.39, 0.29) is 5.92 Å². The van der Waals surface area contributed by atoms with E-state index in [0.717, 1.165) is 0 Å². The lowest BCUT2D eigenvalue weighted by molar-refractivity contribution is 0.866. The van der Waals surface area contributed by atoms with Crippen molar-refractivity contribution in [2.45, 2.75) is 20.8 Å². The molecule has 2 nitrogen and oxygen atoms in total. The van der Waals surface area contributed by atoms with Crippen LogP contribution >= 0.6 is 0 Å². The van der Waals surface area contributed by atoms with Gasteiger partial charge in [-0.05, 0) is 6.92 Å². The SMILES string of the molecule is C/C=N/C(=N)C(C)C. The lowest BCUT2D eigenvalue weighted by Crippen LogP contribution is -2.00. The maximum atomic E-state index is 7.15. The molecule has 0 aromatic carbocycles. The molecule has 0 rings (SSSR count). The van der Waals surface area contributed by atoms with Crippen molar-refractivity contribution in [3.05, 3.63) is 0 Å². The maximum Gasteiger partial charge on any atom is 0.122 e. The van der Waals surface area contributed by atoms with Crippen molar-refractivity contribution in [1.82, 2.24) is 0 Å². The Hall–Kier alpha value is -0.660. The number of amidine groups is 1. The van der Waals surface area contributed by atoms with Gasteiger partial charge >= 0.3 is 0 Å². The topological polar surface area (TPSA) is 36.2 Å². The van der Waals surface area contributed by atoms with Gasteiger partial charge in [-0.25, -0.2) is 4.99 Å². The van der Waals surface area contributed by atoms with Gasteiger partial charge < -0.3 is 0 Å². The molecule has 0 saturated heterocycles. The molecule has 0 fully saturated rings.